The molecule has 0 bridgehead atoms. The number of hydrogen-bond acceptors (Lipinski definition) is 5. The quantitative estimate of drug-likeness (QED) is 0.676. The highest BCUT2D eigenvalue weighted by atomic mass is 32.2. The van der Waals surface area contributed by atoms with Crippen LogP contribution < -0.4 is 9.46 Å². The Kier molecular flexibility index (Phi) is 5.83. The van der Waals surface area contributed by atoms with Crippen LogP contribution in [0.3, 0.4) is 0 Å². The summed E-state index contributed by atoms with van der Waals surface area (Å²) in [6.45, 7) is 3.96. The van der Waals surface area contributed by atoms with Crippen molar-refractivity contribution in [3.8, 4) is 17.0 Å². The van der Waals surface area contributed by atoms with Crippen LogP contribution in [0.15, 0.2) is 72.0 Å². The van der Waals surface area contributed by atoms with Gasteiger partial charge in [-0.15, -0.1) is 0 Å². The van der Waals surface area contributed by atoms with E-state index in [0.717, 1.165) is 11.1 Å². The normalized spacial score (nSPS) is 11.5. The van der Waals surface area contributed by atoms with Crippen LogP contribution in [0, 0.1) is 0 Å². The minimum atomic E-state index is -3.65. The Labute approximate surface area is 159 Å². The Balaban J connectivity index is 1.77. The molecule has 0 aliphatic carbocycles. The third-order valence-electron chi connectivity index (χ3n) is 3.78. The van der Waals surface area contributed by atoms with E-state index in [2.05, 4.69) is 14.7 Å². The van der Waals surface area contributed by atoms with Crippen LogP contribution in [0.2, 0.25) is 0 Å². The molecule has 0 unspecified atom stereocenters. The average molecular weight is 383 g/mol. The summed E-state index contributed by atoms with van der Waals surface area (Å²) in [5, 5.41) is 0. The van der Waals surface area contributed by atoms with E-state index >= 15 is 0 Å². The molecule has 7 heteroatoms. The van der Waals surface area contributed by atoms with Crippen LogP contribution >= 0.6 is 0 Å². The summed E-state index contributed by atoms with van der Waals surface area (Å²) in [4.78, 5) is 8.65. The second-order valence-electron chi connectivity index (χ2n) is 6.22. The van der Waals surface area contributed by atoms with Crippen molar-refractivity contribution in [1.29, 1.82) is 0 Å². The van der Waals surface area contributed by atoms with E-state index in [4.69, 9.17) is 4.74 Å². The minimum Gasteiger partial charge on any atom is -0.491 e. The fourth-order valence-corrected chi connectivity index (χ4v) is 3.58. The third-order valence-corrected chi connectivity index (χ3v) is 5.20. The van der Waals surface area contributed by atoms with E-state index in [1.807, 2.05) is 32.0 Å². The summed E-state index contributed by atoms with van der Waals surface area (Å²) in [5.74, 6) is 0.634. The Morgan fingerprint density at radius 2 is 1.78 bits per heavy atom. The molecule has 0 atom stereocenters. The highest BCUT2D eigenvalue weighted by Crippen LogP contribution is 2.21. The van der Waals surface area contributed by atoms with E-state index in [9.17, 15) is 8.42 Å². The molecule has 0 saturated heterocycles. The van der Waals surface area contributed by atoms with Gasteiger partial charge in [0.25, 0.3) is 0 Å². The molecule has 0 aliphatic heterocycles. The van der Waals surface area contributed by atoms with Gasteiger partial charge >= 0.3 is 0 Å². The Morgan fingerprint density at radius 1 is 1.04 bits per heavy atom. The number of ether oxygens (including phenoxy) is 1. The van der Waals surface area contributed by atoms with Gasteiger partial charge in [-0.1, -0.05) is 6.07 Å². The van der Waals surface area contributed by atoms with Crippen LogP contribution in [0.25, 0.3) is 11.3 Å². The Hall–Kier alpha value is -2.77. The van der Waals surface area contributed by atoms with Crippen LogP contribution in [0.1, 0.15) is 19.4 Å². The maximum absolute atomic E-state index is 12.6. The van der Waals surface area contributed by atoms with E-state index in [1.54, 1.807) is 36.8 Å². The molecule has 3 aromatic rings. The van der Waals surface area contributed by atoms with Gasteiger partial charge in [0.2, 0.25) is 10.0 Å². The van der Waals surface area contributed by atoms with Crippen LogP contribution in [0.5, 0.6) is 5.75 Å². The van der Waals surface area contributed by atoms with Crippen LogP contribution in [-0.4, -0.2) is 24.5 Å². The molecule has 0 spiro atoms. The van der Waals surface area contributed by atoms with Gasteiger partial charge in [0.1, 0.15) is 5.75 Å². The number of sulfonamides is 1. The highest BCUT2D eigenvalue weighted by Gasteiger charge is 2.15. The first-order chi connectivity index (χ1) is 13.0. The van der Waals surface area contributed by atoms with E-state index in [0.29, 0.717) is 11.4 Å². The van der Waals surface area contributed by atoms with Gasteiger partial charge < -0.3 is 4.74 Å². The predicted molar refractivity (Wildman–Crippen MR) is 104 cm³/mol. The van der Waals surface area contributed by atoms with Crippen LogP contribution in [-0.2, 0) is 16.6 Å². The standard InChI is InChI=1S/C20H21N3O3S/c1-15(2)26-18-7-9-19(10-8-18)27(24,25)23-14-17-6-4-12-22-20(17)16-5-3-11-21-13-16/h3-13,15,23H,14H2,1-2H3. The molecule has 6 nitrogen and oxygen atoms in total. The summed E-state index contributed by atoms with van der Waals surface area (Å²) >= 11 is 0. The van der Waals surface area contributed by atoms with Gasteiger partial charge in [-0.05, 0) is 61.9 Å². The first-order valence-corrected chi connectivity index (χ1v) is 10.0. The fraction of sp³-hybridized carbons (Fsp3) is 0.200. The van der Waals surface area contributed by atoms with Gasteiger partial charge in [0, 0.05) is 30.7 Å². The molecular weight excluding hydrogens is 362 g/mol. The molecule has 0 radical (unpaired) electrons. The summed E-state index contributed by atoms with van der Waals surface area (Å²) in [5.41, 5.74) is 2.31. The van der Waals surface area contributed by atoms with Crippen molar-refractivity contribution < 1.29 is 13.2 Å². The van der Waals surface area contributed by atoms with E-state index < -0.39 is 10.0 Å². The molecule has 0 aliphatic rings. The van der Waals surface area contributed by atoms with Gasteiger partial charge in [0.05, 0.1) is 16.7 Å². The van der Waals surface area contributed by atoms with Crippen LogP contribution in [0.4, 0.5) is 0 Å². The largest absolute Gasteiger partial charge is 0.491 e. The number of aromatic nitrogens is 2. The first-order valence-electron chi connectivity index (χ1n) is 8.56. The molecule has 0 fully saturated rings. The minimum absolute atomic E-state index is 0.0297. The predicted octanol–water partition coefficient (Wildman–Crippen LogP) is 3.41. The van der Waals surface area contributed by atoms with Crippen molar-refractivity contribution >= 4 is 10.0 Å². The van der Waals surface area contributed by atoms with Gasteiger partial charge in [0.15, 0.2) is 0 Å². The van der Waals surface area contributed by atoms with Crippen molar-refractivity contribution in [2.24, 2.45) is 0 Å². The second kappa shape index (κ2) is 8.28. The molecule has 0 amide bonds. The van der Waals surface area contributed by atoms with Gasteiger partial charge in [-0.3, -0.25) is 9.97 Å². The first kappa shape index (κ1) is 19.0. The molecule has 3 rings (SSSR count). The zero-order valence-electron chi connectivity index (χ0n) is 15.2. The lowest BCUT2D eigenvalue weighted by Gasteiger charge is -2.12. The maximum atomic E-state index is 12.6. The van der Waals surface area contributed by atoms with E-state index in [-0.39, 0.29) is 17.5 Å². The van der Waals surface area contributed by atoms with Gasteiger partial charge in [-0.25, -0.2) is 13.1 Å². The zero-order valence-corrected chi connectivity index (χ0v) is 16.0. The highest BCUT2D eigenvalue weighted by molar-refractivity contribution is 7.89. The smallest absolute Gasteiger partial charge is 0.240 e. The number of nitrogens with zero attached hydrogens (tertiary/aromatic N) is 2. The lowest BCUT2D eigenvalue weighted by molar-refractivity contribution is 0.242. The van der Waals surface area contributed by atoms with Crippen molar-refractivity contribution in [1.82, 2.24) is 14.7 Å². The number of pyridine rings is 2. The summed E-state index contributed by atoms with van der Waals surface area (Å²) in [6.07, 6.45) is 5.09. The summed E-state index contributed by atoms with van der Waals surface area (Å²) < 4.78 is 33.4. The molecule has 1 aromatic carbocycles. The third kappa shape index (κ3) is 4.90. The number of nitrogens with one attached hydrogen (secondary N) is 1. The monoisotopic (exact) mass is 383 g/mol. The number of benzene rings is 1. The van der Waals surface area contributed by atoms with E-state index in [1.165, 1.54) is 12.1 Å². The fourth-order valence-electron chi connectivity index (χ4n) is 2.57. The lowest BCUT2D eigenvalue weighted by Crippen LogP contribution is -2.23. The maximum Gasteiger partial charge on any atom is 0.240 e. The van der Waals surface area contributed by atoms with Crippen molar-refractivity contribution in [2.75, 3.05) is 0 Å². The molecule has 1 N–H and O–H groups in total. The zero-order chi connectivity index (χ0) is 19.3. The van der Waals surface area contributed by atoms with Gasteiger partial charge in [-0.2, -0.15) is 0 Å². The van der Waals surface area contributed by atoms with Crippen molar-refractivity contribution in [2.45, 2.75) is 31.4 Å². The summed E-state index contributed by atoms with van der Waals surface area (Å²) in [6, 6.07) is 13.7. The molecular formula is C20H21N3O3S. The van der Waals surface area contributed by atoms with Crippen molar-refractivity contribution in [3.63, 3.8) is 0 Å². The number of rotatable bonds is 7. The Morgan fingerprint density at radius 3 is 2.44 bits per heavy atom. The molecule has 27 heavy (non-hydrogen) atoms. The SMILES string of the molecule is CC(C)Oc1ccc(S(=O)(=O)NCc2cccnc2-c2cccnc2)cc1. The molecule has 0 saturated carbocycles. The summed E-state index contributed by atoms with van der Waals surface area (Å²) in [7, 11) is -3.65. The Bertz CT molecular complexity index is 988. The molecule has 2 aromatic heterocycles. The lowest BCUT2D eigenvalue weighted by atomic mass is 10.1. The molecule has 2 heterocycles. The second-order valence-corrected chi connectivity index (χ2v) is 7.98. The topological polar surface area (TPSA) is 81.2 Å². The number of hydrogen-bond donors (Lipinski definition) is 1. The average Bonchev–Trinajstić information content (AvgIpc) is 2.67. The van der Waals surface area contributed by atoms with Crippen molar-refractivity contribution in [3.05, 3.63) is 72.7 Å². The molecule has 140 valence electrons.